The van der Waals surface area contributed by atoms with Crippen LogP contribution in [0.3, 0.4) is 0 Å². The van der Waals surface area contributed by atoms with Crippen LogP contribution in [0.25, 0.3) is 22.5 Å². The van der Waals surface area contributed by atoms with E-state index in [0.717, 1.165) is 28.1 Å². The fourth-order valence-electron chi connectivity index (χ4n) is 3.52. The van der Waals surface area contributed by atoms with Crippen molar-refractivity contribution in [2.45, 2.75) is 24.4 Å². The van der Waals surface area contributed by atoms with Gasteiger partial charge in [0.1, 0.15) is 6.54 Å². The highest BCUT2D eigenvalue weighted by atomic mass is 35.5. The standard InChI is InChI=1S/C26H22Cl2N2O2S/c1-2-32-23(31)16-30-25(19-12-7-4-8-13-19)24(18-10-5-3-6-11-18)29-26(30)33-17-20-21(27)14-9-15-22(20)28/h3-15H,2,16-17H2,1H3. The SMILES string of the molecule is CCOC(=O)Cn1c(SCc2c(Cl)cccc2Cl)nc(-c2ccccc2)c1-c1ccccc1. The van der Waals surface area contributed by atoms with E-state index in [1.807, 2.05) is 83.4 Å². The molecule has 0 fully saturated rings. The molecule has 1 heterocycles. The molecule has 4 rings (SSSR count). The van der Waals surface area contributed by atoms with Crippen LogP contribution in [0.15, 0.2) is 84.0 Å². The maximum absolute atomic E-state index is 12.6. The number of hydrogen-bond donors (Lipinski definition) is 0. The van der Waals surface area contributed by atoms with Crippen LogP contribution in [0, 0.1) is 0 Å². The third-order valence-electron chi connectivity index (χ3n) is 5.03. The second kappa shape index (κ2) is 10.9. The van der Waals surface area contributed by atoms with E-state index in [1.165, 1.54) is 11.8 Å². The van der Waals surface area contributed by atoms with Gasteiger partial charge in [-0.1, -0.05) is 102 Å². The van der Waals surface area contributed by atoms with Gasteiger partial charge in [0.25, 0.3) is 0 Å². The summed E-state index contributed by atoms with van der Waals surface area (Å²) in [7, 11) is 0. The van der Waals surface area contributed by atoms with E-state index >= 15 is 0 Å². The van der Waals surface area contributed by atoms with Crippen molar-refractivity contribution in [1.29, 1.82) is 0 Å². The minimum Gasteiger partial charge on any atom is -0.465 e. The molecular weight excluding hydrogens is 475 g/mol. The molecule has 0 saturated carbocycles. The van der Waals surface area contributed by atoms with Crippen LogP contribution in [0.4, 0.5) is 0 Å². The van der Waals surface area contributed by atoms with Gasteiger partial charge >= 0.3 is 5.97 Å². The van der Waals surface area contributed by atoms with Gasteiger partial charge in [-0.3, -0.25) is 4.79 Å². The van der Waals surface area contributed by atoms with Gasteiger partial charge in [0.15, 0.2) is 5.16 Å². The van der Waals surface area contributed by atoms with E-state index in [9.17, 15) is 4.79 Å². The Bertz CT molecular complexity index is 1220. The number of ether oxygens (including phenoxy) is 1. The van der Waals surface area contributed by atoms with Gasteiger partial charge in [0, 0.05) is 26.9 Å². The average molecular weight is 497 g/mol. The fraction of sp³-hybridized carbons (Fsp3) is 0.154. The van der Waals surface area contributed by atoms with Crippen LogP contribution < -0.4 is 0 Å². The van der Waals surface area contributed by atoms with Crippen LogP contribution in [0.5, 0.6) is 0 Å². The second-order valence-corrected chi connectivity index (χ2v) is 8.96. The molecule has 1 aromatic heterocycles. The summed E-state index contributed by atoms with van der Waals surface area (Å²) in [6.07, 6.45) is 0. The number of imidazole rings is 1. The molecule has 0 amide bonds. The third kappa shape index (κ3) is 5.44. The number of thioether (sulfide) groups is 1. The Labute approximate surface area is 207 Å². The van der Waals surface area contributed by atoms with E-state index in [-0.39, 0.29) is 12.5 Å². The Morgan fingerprint density at radius 1 is 0.909 bits per heavy atom. The zero-order valence-electron chi connectivity index (χ0n) is 18.0. The Morgan fingerprint density at radius 3 is 2.12 bits per heavy atom. The molecule has 3 aromatic carbocycles. The molecule has 0 atom stereocenters. The van der Waals surface area contributed by atoms with Gasteiger partial charge in [-0.05, 0) is 24.6 Å². The Hall–Kier alpha value is -2.73. The lowest BCUT2D eigenvalue weighted by molar-refractivity contribution is -0.143. The summed E-state index contributed by atoms with van der Waals surface area (Å²) in [5.41, 5.74) is 4.44. The zero-order valence-corrected chi connectivity index (χ0v) is 20.3. The molecule has 33 heavy (non-hydrogen) atoms. The lowest BCUT2D eigenvalue weighted by atomic mass is 10.0. The topological polar surface area (TPSA) is 44.1 Å². The molecule has 0 unspecified atom stereocenters. The molecule has 0 aliphatic heterocycles. The molecule has 4 nitrogen and oxygen atoms in total. The number of esters is 1. The van der Waals surface area contributed by atoms with E-state index < -0.39 is 0 Å². The number of aromatic nitrogens is 2. The summed E-state index contributed by atoms with van der Waals surface area (Å²) in [6, 6.07) is 25.4. The maximum Gasteiger partial charge on any atom is 0.326 e. The number of nitrogens with zero attached hydrogens (tertiary/aromatic N) is 2. The van der Waals surface area contributed by atoms with Crippen LogP contribution in [0.1, 0.15) is 12.5 Å². The minimum absolute atomic E-state index is 0.0521. The number of carbonyl (C=O) groups excluding carboxylic acids is 1. The largest absolute Gasteiger partial charge is 0.465 e. The predicted molar refractivity (Wildman–Crippen MR) is 136 cm³/mol. The van der Waals surface area contributed by atoms with Gasteiger partial charge in [-0.15, -0.1) is 0 Å². The first-order chi connectivity index (χ1) is 16.1. The van der Waals surface area contributed by atoms with Crippen molar-refractivity contribution in [3.05, 3.63) is 94.5 Å². The zero-order chi connectivity index (χ0) is 23.2. The molecule has 0 N–H and O–H groups in total. The normalized spacial score (nSPS) is 10.9. The van der Waals surface area contributed by atoms with Gasteiger partial charge in [-0.25, -0.2) is 4.98 Å². The van der Waals surface area contributed by atoms with E-state index in [4.69, 9.17) is 32.9 Å². The van der Waals surface area contributed by atoms with Crippen molar-refractivity contribution in [3.63, 3.8) is 0 Å². The van der Waals surface area contributed by atoms with Crippen molar-refractivity contribution < 1.29 is 9.53 Å². The first-order valence-corrected chi connectivity index (χ1v) is 12.2. The Kier molecular flexibility index (Phi) is 7.76. The van der Waals surface area contributed by atoms with Crippen LogP contribution >= 0.6 is 35.0 Å². The molecule has 0 aliphatic rings. The average Bonchev–Trinajstić information content (AvgIpc) is 3.18. The molecule has 4 aromatic rings. The van der Waals surface area contributed by atoms with E-state index in [0.29, 0.717) is 27.6 Å². The Morgan fingerprint density at radius 2 is 1.52 bits per heavy atom. The smallest absolute Gasteiger partial charge is 0.326 e. The van der Waals surface area contributed by atoms with Gasteiger partial charge in [0.2, 0.25) is 0 Å². The first kappa shape index (κ1) is 23.4. The number of rotatable bonds is 8. The second-order valence-electron chi connectivity index (χ2n) is 7.20. The Balaban J connectivity index is 1.84. The molecule has 7 heteroatoms. The highest BCUT2D eigenvalue weighted by molar-refractivity contribution is 7.98. The minimum atomic E-state index is -0.315. The number of hydrogen-bond acceptors (Lipinski definition) is 4. The lowest BCUT2D eigenvalue weighted by Gasteiger charge is -2.13. The van der Waals surface area contributed by atoms with Crippen molar-refractivity contribution >= 4 is 40.9 Å². The summed E-state index contributed by atoms with van der Waals surface area (Å²) < 4.78 is 7.19. The summed E-state index contributed by atoms with van der Waals surface area (Å²) in [4.78, 5) is 17.5. The highest BCUT2D eigenvalue weighted by Gasteiger charge is 2.23. The van der Waals surface area contributed by atoms with E-state index in [2.05, 4.69) is 0 Å². The van der Waals surface area contributed by atoms with Crippen LogP contribution in [-0.2, 0) is 21.8 Å². The van der Waals surface area contributed by atoms with E-state index in [1.54, 1.807) is 6.92 Å². The monoisotopic (exact) mass is 496 g/mol. The predicted octanol–water partition coefficient (Wildman–Crippen LogP) is 7.38. The molecule has 0 bridgehead atoms. The summed E-state index contributed by atoms with van der Waals surface area (Å²) in [6.45, 7) is 2.17. The van der Waals surface area contributed by atoms with Crippen LogP contribution in [0.2, 0.25) is 10.0 Å². The van der Waals surface area contributed by atoms with Crippen molar-refractivity contribution in [2.75, 3.05) is 6.61 Å². The first-order valence-electron chi connectivity index (χ1n) is 10.5. The molecule has 0 aliphatic carbocycles. The number of benzene rings is 3. The quantitative estimate of drug-likeness (QED) is 0.188. The van der Waals surface area contributed by atoms with Crippen LogP contribution in [-0.4, -0.2) is 22.1 Å². The van der Waals surface area contributed by atoms with Crippen molar-refractivity contribution in [3.8, 4) is 22.5 Å². The number of carbonyl (C=O) groups is 1. The lowest BCUT2D eigenvalue weighted by Crippen LogP contribution is -2.15. The maximum atomic E-state index is 12.6. The summed E-state index contributed by atoms with van der Waals surface area (Å²) in [5, 5.41) is 1.90. The summed E-state index contributed by atoms with van der Waals surface area (Å²) in [5.74, 6) is 0.199. The third-order valence-corrected chi connectivity index (χ3v) is 6.74. The molecule has 0 spiro atoms. The van der Waals surface area contributed by atoms with Gasteiger partial charge in [0.05, 0.1) is 18.0 Å². The fourth-order valence-corrected chi connectivity index (χ4v) is 5.26. The number of halogens is 2. The van der Waals surface area contributed by atoms with Crippen molar-refractivity contribution in [2.24, 2.45) is 0 Å². The molecule has 0 radical (unpaired) electrons. The summed E-state index contributed by atoms with van der Waals surface area (Å²) >= 11 is 14.3. The molecule has 168 valence electrons. The van der Waals surface area contributed by atoms with Crippen molar-refractivity contribution in [1.82, 2.24) is 9.55 Å². The van der Waals surface area contributed by atoms with Gasteiger partial charge < -0.3 is 9.30 Å². The van der Waals surface area contributed by atoms with Gasteiger partial charge in [-0.2, -0.15) is 0 Å². The molecule has 0 saturated heterocycles. The molecular formula is C26H22Cl2N2O2S. The highest BCUT2D eigenvalue weighted by Crippen LogP contribution is 2.38.